The molecule has 178 valence electrons. The summed E-state index contributed by atoms with van der Waals surface area (Å²) in [6.45, 7) is 3.68. The predicted molar refractivity (Wildman–Crippen MR) is 129 cm³/mol. The maximum absolute atomic E-state index is 13.0. The first-order valence-corrected chi connectivity index (χ1v) is 13.1. The Kier molecular flexibility index (Phi) is 6.24. The topological polar surface area (TPSA) is 93.8 Å². The largest absolute Gasteiger partial charge is 0.360 e. The van der Waals surface area contributed by atoms with E-state index in [-0.39, 0.29) is 16.6 Å². The lowest BCUT2D eigenvalue weighted by molar-refractivity contribution is 0.0624. The Morgan fingerprint density at radius 2 is 1.53 bits per heavy atom. The van der Waals surface area contributed by atoms with Gasteiger partial charge in [0.25, 0.3) is 5.91 Å². The molecule has 3 aromatic rings. The number of aromatic nitrogens is 1. The molecule has 1 aromatic heterocycles. The number of amides is 1. The number of piperazine rings is 1. The first-order valence-electron chi connectivity index (χ1n) is 11.6. The average Bonchev–Trinajstić information content (AvgIpc) is 3.55. The standard InChI is InChI=1S/C25H28N4O4S/c30-24(22-17-26-23-6-2-1-5-21(22)23)18-27-13-15-28(16-14-27)25(31)19-7-9-20(10-8-19)34(32,33)29-11-3-4-12-29/h1-2,5-10,17,26H,3-4,11-16,18H2. The van der Waals surface area contributed by atoms with Crippen LogP contribution in [0.25, 0.3) is 10.9 Å². The van der Waals surface area contributed by atoms with Crippen LogP contribution in [-0.2, 0) is 10.0 Å². The zero-order valence-corrected chi connectivity index (χ0v) is 19.8. The summed E-state index contributed by atoms with van der Waals surface area (Å²) in [5.74, 6) is -0.0558. The van der Waals surface area contributed by atoms with Crippen molar-refractivity contribution in [1.29, 1.82) is 0 Å². The fourth-order valence-corrected chi connectivity index (χ4v) is 6.25. The number of hydrogen-bond donors (Lipinski definition) is 1. The molecular formula is C25H28N4O4S. The zero-order valence-electron chi connectivity index (χ0n) is 18.9. The molecule has 3 heterocycles. The van der Waals surface area contributed by atoms with Gasteiger partial charge in [0.1, 0.15) is 0 Å². The number of nitrogens with one attached hydrogen (secondary N) is 1. The Balaban J connectivity index is 1.18. The van der Waals surface area contributed by atoms with Crippen molar-refractivity contribution in [2.45, 2.75) is 17.7 Å². The van der Waals surface area contributed by atoms with Crippen LogP contribution in [0.2, 0.25) is 0 Å². The molecule has 2 aromatic carbocycles. The summed E-state index contributed by atoms with van der Waals surface area (Å²) in [6, 6.07) is 14.0. The minimum atomic E-state index is -3.49. The number of benzene rings is 2. The van der Waals surface area contributed by atoms with E-state index in [4.69, 9.17) is 0 Å². The van der Waals surface area contributed by atoms with Crippen molar-refractivity contribution in [3.63, 3.8) is 0 Å². The van der Waals surface area contributed by atoms with Gasteiger partial charge in [0.05, 0.1) is 11.4 Å². The Bertz CT molecular complexity index is 1300. The van der Waals surface area contributed by atoms with Crippen molar-refractivity contribution in [2.24, 2.45) is 0 Å². The van der Waals surface area contributed by atoms with Gasteiger partial charge in [0.15, 0.2) is 5.78 Å². The first kappa shape index (κ1) is 22.8. The van der Waals surface area contributed by atoms with Crippen LogP contribution in [-0.4, -0.2) is 85.0 Å². The van der Waals surface area contributed by atoms with E-state index >= 15 is 0 Å². The van der Waals surface area contributed by atoms with Crippen molar-refractivity contribution < 1.29 is 18.0 Å². The second-order valence-corrected chi connectivity index (χ2v) is 10.8. The lowest BCUT2D eigenvalue weighted by atomic mass is 10.1. The molecule has 9 heteroatoms. The van der Waals surface area contributed by atoms with E-state index in [1.54, 1.807) is 23.2 Å². The molecule has 8 nitrogen and oxygen atoms in total. The molecular weight excluding hydrogens is 452 g/mol. The minimum absolute atomic E-state index is 0.0621. The molecule has 1 amide bonds. The lowest BCUT2D eigenvalue weighted by Crippen LogP contribution is -2.49. The van der Waals surface area contributed by atoms with Gasteiger partial charge in [-0.25, -0.2) is 8.42 Å². The summed E-state index contributed by atoms with van der Waals surface area (Å²) < 4.78 is 26.9. The summed E-state index contributed by atoms with van der Waals surface area (Å²) in [5, 5.41) is 0.927. The summed E-state index contributed by atoms with van der Waals surface area (Å²) in [5.41, 5.74) is 2.11. The lowest BCUT2D eigenvalue weighted by Gasteiger charge is -2.34. The average molecular weight is 481 g/mol. The van der Waals surface area contributed by atoms with Gasteiger partial charge in [-0.05, 0) is 43.2 Å². The maximum atomic E-state index is 13.0. The van der Waals surface area contributed by atoms with Crippen LogP contribution in [0.15, 0.2) is 59.6 Å². The van der Waals surface area contributed by atoms with E-state index in [0.29, 0.717) is 56.9 Å². The van der Waals surface area contributed by atoms with Gasteiger partial charge in [-0.1, -0.05) is 18.2 Å². The Morgan fingerprint density at radius 1 is 0.853 bits per heavy atom. The molecule has 0 bridgehead atoms. The fourth-order valence-electron chi connectivity index (χ4n) is 4.73. The first-order chi connectivity index (χ1) is 16.4. The van der Waals surface area contributed by atoms with Crippen molar-refractivity contribution in [1.82, 2.24) is 19.1 Å². The van der Waals surface area contributed by atoms with Crippen LogP contribution >= 0.6 is 0 Å². The third kappa shape index (κ3) is 4.38. The third-order valence-electron chi connectivity index (χ3n) is 6.72. The highest BCUT2D eigenvalue weighted by Crippen LogP contribution is 2.22. The molecule has 0 saturated carbocycles. The van der Waals surface area contributed by atoms with E-state index in [1.807, 2.05) is 24.3 Å². The highest BCUT2D eigenvalue weighted by Gasteiger charge is 2.28. The number of para-hydroxylation sites is 1. The molecule has 5 rings (SSSR count). The molecule has 2 fully saturated rings. The van der Waals surface area contributed by atoms with E-state index < -0.39 is 10.0 Å². The maximum Gasteiger partial charge on any atom is 0.253 e. The number of hydrogen-bond acceptors (Lipinski definition) is 5. The predicted octanol–water partition coefficient (Wildman–Crippen LogP) is 2.59. The minimum Gasteiger partial charge on any atom is -0.360 e. The highest BCUT2D eigenvalue weighted by molar-refractivity contribution is 7.89. The van der Waals surface area contributed by atoms with Crippen LogP contribution in [0.3, 0.4) is 0 Å². The molecule has 1 N–H and O–H groups in total. The van der Waals surface area contributed by atoms with Crippen LogP contribution in [0, 0.1) is 0 Å². The summed E-state index contributed by atoms with van der Waals surface area (Å²) >= 11 is 0. The van der Waals surface area contributed by atoms with Gasteiger partial charge < -0.3 is 9.88 Å². The number of carbonyl (C=O) groups is 2. The van der Waals surface area contributed by atoms with Gasteiger partial charge in [-0.2, -0.15) is 4.31 Å². The summed E-state index contributed by atoms with van der Waals surface area (Å²) in [7, 11) is -3.49. The van der Waals surface area contributed by atoms with E-state index in [1.165, 1.54) is 16.4 Å². The number of nitrogens with zero attached hydrogens (tertiary/aromatic N) is 3. The second-order valence-electron chi connectivity index (χ2n) is 8.88. The summed E-state index contributed by atoms with van der Waals surface area (Å²) in [4.78, 5) is 33.0. The third-order valence-corrected chi connectivity index (χ3v) is 8.63. The SMILES string of the molecule is O=C(CN1CCN(C(=O)c2ccc(S(=O)(=O)N3CCCC3)cc2)CC1)c1c[nH]c2ccccc12. The molecule has 34 heavy (non-hydrogen) atoms. The van der Waals surface area contributed by atoms with Crippen molar-refractivity contribution >= 4 is 32.6 Å². The van der Waals surface area contributed by atoms with Crippen molar-refractivity contribution in [3.05, 3.63) is 65.9 Å². The number of carbonyl (C=O) groups excluding carboxylic acids is 2. The molecule has 0 atom stereocenters. The Morgan fingerprint density at radius 3 is 2.24 bits per heavy atom. The highest BCUT2D eigenvalue weighted by atomic mass is 32.2. The molecule has 2 aliphatic heterocycles. The number of Topliss-reactive ketones (excluding diaryl/α,β-unsaturated/α-hetero) is 1. The quantitative estimate of drug-likeness (QED) is 0.548. The number of sulfonamides is 1. The Hall–Kier alpha value is -3.01. The Labute approximate surface area is 199 Å². The van der Waals surface area contributed by atoms with Crippen LogP contribution in [0.1, 0.15) is 33.6 Å². The molecule has 0 unspecified atom stereocenters. The molecule has 0 spiro atoms. The zero-order chi connectivity index (χ0) is 23.7. The monoisotopic (exact) mass is 480 g/mol. The van der Waals surface area contributed by atoms with Gasteiger partial charge >= 0.3 is 0 Å². The van der Waals surface area contributed by atoms with Crippen LogP contribution < -0.4 is 0 Å². The van der Waals surface area contributed by atoms with Crippen molar-refractivity contribution in [2.75, 3.05) is 45.8 Å². The summed E-state index contributed by atoms with van der Waals surface area (Å²) in [6.07, 6.45) is 3.53. The number of fused-ring (bicyclic) bond motifs is 1. The van der Waals surface area contributed by atoms with E-state index in [0.717, 1.165) is 23.7 Å². The van der Waals surface area contributed by atoms with Gasteiger partial charge in [0, 0.05) is 67.5 Å². The second kappa shape index (κ2) is 9.32. The van der Waals surface area contributed by atoms with E-state index in [9.17, 15) is 18.0 Å². The molecule has 2 aliphatic rings. The van der Waals surface area contributed by atoms with Crippen LogP contribution in [0.5, 0.6) is 0 Å². The van der Waals surface area contributed by atoms with Gasteiger partial charge in [-0.15, -0.1) is 0 Å². The fraction of sp³-hybridized carbons (Fsp3) is 0.360. The van der Waals surface area contributed by atoms with E-state index in [2.05, 4.69) is 9.88 Å². The molecule has 0 radical (unpaired) electrons. The van der Waals surface area contributed by atoms with Gasteiger partial charge in [0.2, 0.25) is 10.0 Å². The van der Waals surface area contributed by atoms with Crippen LogP contribution in [0.4, 0.5) is 0 Å². The van der Waals surface area contributed by atoms with Gasteiger partial charge in [-0.3, -0.25) is 14.5 Å². The number of H-pyrrole nitrogens is 1. The smallest absolute Gasteiger partial charge is 0.253 e. The molecule has 0 aliphatic carbocycles. The number of rotatable bonds is 6. The normalized spacial score (nSPS) is 17.9. The number of aromatic amines is 1. The number of ketones is 1. The molecule has 2 saturated heterocycles. The van der Waals surface area contributed by atoms with Crippen molar-refractivity contribution in [3.8, 4) is 0 Å².